The van der Waals surface area contributed by atoms with Crippen LogP contribution in [0.5, 0.6) is 23.0 Å². The lowest BCUT2D eigenvalue weighted by Gasteiger charge is -2.08. The fourth-order valence-corrected chi connectivity index (χ4v) is 11.3. The lowest BCUT2D eigenvalue weighted by molar-refractivity contribution is 0.304. The van der Waals surface area contributed by atoms with E-state index in [2.05, 4.69) is 68.0 Å². The zero-order valence-electron chi connectivity index (χ0n) is 51.7. The van der Waals surface area contributed by atoms with E-state index in [1.54, 1.807) is 0 Å². The summed E-state index contributed by atoms with van der Waals surface area (Å²) in [5.74, 6) is 5.33. The number of aromatic nitrogens is 8. The molecule has 0 saturated carbocycles. The second-order valence-corrected chi connectivity index (χ2v) is 23.1. The monoisotopic (exact) mass is 1190 g/mol. The van der Waals surface area contributed by atoms with Crippen LogP contribution < -0.4 is 40.9 Å². The average Bonchev–Trinajstić information content (AvgIpc) is 2.57. The lowest BCUT2D eigenvalue weighted by atomic mass is 10.1. The van der Waals surface area contributed by atoms with Gasteiger partial charge in [-0.2, -0.15) is 20.0 Å². The fourth-order valence-electron chi connectivity index (χ4n) is 11.3. The van der Waals surface area contributed by atoms with Gasteiger partial charge in [-0.05, 0) is 98.5 Å². The second-order valence-electron chi connectivity index (χ2n) is 23.1. The quantitative estimate of drug-likeness (QED) is 0.0294. The van der Waals surface area contributed by atoms with Crippen molar-refractivity contribution in [3.05, 3.63) is 117 Å². The summed E-state index contributed by atoms with van der Waals surface area (Å²) in [6.45, 7) is 11.3. The number of nitrogens with zero attached hydrogens (tertiary/aromatic N) is 12. The number of nitrogens with one attached hydrogen (secondary N) is 4. The first-order valence-electron chi connectivity index (χ1n) is 32.6. The SMILES string of the molecule is CCCCCCCCOc1ccc2c(c1)C1=NC2=Nc2nnc([nH]2)N=c2[nH]c(c3ccc(OCCCCCCCC)cc23)=NC2=NC(=Nc3nnc([nH]3)N=c3[nH]c(c4ccc(OCCCCCCCC)cc34)=N1)c1ccc(OCCCCCCCC)cc12. The molecule has 0 spiro atoms. The van der Waals surface area contributed by atoms with Crippen molar-refractivity contribution < 1.29 is 18.9 Å². The zero-order valence-corrected chi connectivity index (χ0v) is 51.7. The van der Waals surface area contributed by atoms with E-state index in [1.165, 1.54) is 103 Å². The normalized spacial score (nSPS) is 13.3. The van der Waals surface area contributed by atoms with Gasteiger partial charge in [-0.15, -0.1) is 20.4 Å². The highest BCUT2D eigenvalue weighted by Crippen LogP contribution is 2.30. The number of hydrogen-bond acceptors (Lipinski definition) is 16. The number of benzene rings is 4. The molecule has 0 aliphatic carbocycles. The van der Waals surface area contributed by atoms with Gasteiger partial charge in [0.2, 0.25) is 0 Å². The third-order valence-electron chi connectivity index (χ3n) is 16.1. The van der Waals surface area contributed by atoms with Gasteiger partial charge in [0.15, 0.2) is 23.3 Å². The van der Waals surface area contributed by atoms with Crippen LogP contribution in [-0.2, 0) is 0 Å². The molecule has 3 aliphatic rings. The van der Waals surface area contributed by atoms with E-state index in [4.69, 9.17) is 58.9 Å². The molecular weight excluding hydrogens is 1100 g/mol. The van der Waals surface area contributed by atoms with Crippen LogP contribution >= 0.6 is 0 Å². The summed E-state index contributed by atoms with van der Waals surface area (Å²) in [4.78, 5) is 54.1. The Balaban J connectivity index is 1.02. The van der Waals surface area contributed by atoms with E-state index < -0.39 is 0 Å². The molecule has 4 aromatic carbocycles. The highest BCUT2D eigenvalue weighted by atomic mass is 16.5. The fraction of sp³-hybridized carbons (Fsp3) is 0.471. The van der Waals surface area contributed by atoms with Crippen LogP contribution in [0.1, 0.15) is 204 Å². The van der Waals surface area contributed by atoms with Crippen molar-refractivity contribution >= 4 is 68.7 Å². The molecule has 3 aliphatic heterocycles. The molecule has 7 heterocycles. The number of H-pyrrole nitrogens is 4. The average molecular weight is 1190 g/mol. The minimum atomic E-state index is 0.205. The molecule has 11 rings (SSSR count). The van der Waals surface area contributed by atoms with Gasteiger partial charge < -0.3 is 28.9 Å². The van der Waals surface area contributed by atoms with Gasteiger partial charge in [-0.3, -0.25) is 9.97 Å². The molecular formula is C68H84N16O4. The molecule has 0 saturated heterocycles. The van der Waals surface area contributed by atoms with Crippen LogP contribution in [0.2, 0.25) is 0 Å². The number of unbranched alkanes of at least 4 members (excludes halogenated alkanes) is 20. The van der Waals surface area contributed by atoms with Crippen LogP contribution in [0.25, 0.3) is 21.5 Å². The smallest absolute Gasteiger partial charge is 0.251 e. The standard InChI is InChI=1S/C68H84N16O4/c1-5-9-13-17-21-25-37-85-45-31-35-51-53(41-45)61-69-57-49-33-29-47(87-39-27-23-19-15-11-7-3)43-55(49)63(71-57)77-68-80-66(82-84-68)76-60-52-36-32-46(86-38-26-22-18-14-10-6-2)42-54(52)62(74-60)70-58-50-34-30-48(88-40-28-24-20-16-12-8-4)44-56(50)64(72-58)78-67-79-65(81-83-67)75-59(51)73-61/h29-36,41-44H,5-28,37-40H2,1-4H3,(H4,69,70,71,72,73,74,75,76,77,78,79,80,81,82,83,84). The number of ether oxygens (including phenoxy) is 4. The Kier molecular flexibility index (Phi) is 21.3. The summed E-state index contributed by atoms with van der Waals surface area (Å²) in [6.07, 6.45) is 27.9. The number of rotatable bonds is 32. The first-order valence-corrected chi connectivity index (χ1v) is 32.6. The van der Waals surface area contributed by atoms with Crippen molar-refractivity contribution in [2.75, 3.05) is 26.4 Å². The maximum Gasteiger partial charge on any atom is 0.251 e. The van der Waals surface area contributed by atoms with Gasteiger partial charge in [0, 0.05) is 43.8 Å². The minimum Gasteiger partial charge on any atom is -0.494 e. The number of aromatic amines is 4. The van der Waals surface area contributed by atoms with Crippen LogP contribution in [0, 0.1) is 0 Å². The first kappa shape index (κ1) is 61.0. The van der Waals surface area contributed by atoms with E-state index in [1.807, 2.05) is 72.8 Å². The molecule has 4 aromatic heterocycles. The largest absolute Gasteiger partial charge is 0.494 e. The predicted molar refractivity (Wildman–Crippen MR) is 347 cm³/mol. The number of hydrogen-bond donors (Lipinski definition) is 4. The Labute approximate surface area is 513 Å². The first-order chi connectivity index (χ1) is 43.4. The minimum absolute atomic E-state index is 0.205. The van der Waals surface area contributed by atoms with Crippen molar-refractivity contribution in [1.29, 1.82) is 0 Å². The Hall–Kier alpha value is -8.68. The van der Waals surface area contributed by atoms with Crippen molar-refractivity contribution in [1.82, 2.24) is 40.3 Å². The number of fused-ring (bicyclic) bond motifs is 22. The van der Waals surface area contributed by atoms with Crippen LogP contribution in [-0.4, -0.2) is 90.1 Å². The molecule has 0 amide bonds. The molecule has 0 radical (unpaired) electrons. The van der Waals surface area contributed by atoms with Crippen molar-refractivity contribution in [3.63, 3.8) is 0 Å². The second kappa shape index (κ2) is 30.8. The molecule has 20 nitrogen and oxygen atoms in total. The van der Waals surface area contributed by atoms with Crippen LogP contribution in [0.4, 0.5) is 23.8 Å². The molecule has 4 N–H and O–H groups in total. The highest BCUT2D eigenvalue weighted by molar-refractivity contribution is 6.24. The van der Waals surface area contributed by atoms with Crippen molar-refractivity contribution in [2.45, 2.75) is 182 Å². The van der Waals surface area contributed by atoms with Gasteiger partial charge >= 0.3 is 0 Å². The zero-order chi connectivity index (χ0) is 60.3. The summed E-state index contributed by atoms with van der Waals surface area (Å²) in [6, 6.07) is 23.7. The summed E-state index contributed by atoms with van der Waals surface area (Å²) in [5, 5.41) is 21.0. The summed E-state index contributed by atoms with van der Waals surface area (Å²) < 4.78 is 25.5. The van der Waals surface area contributed by atoms with Gasteiger partial charge in [-0.25, -0.2) is 20.0 Å². The summed E-state index contributed by atoms with van der Waals surface area (Å²) in [7, 11) is 0. The van der Waals surface area contributed by atoms with Gasteiger partial charge in [-0.1, -0.05) is 156 Å². The van der Waals surface area contributed by atoms with Crippen molar-refractivity contribution in [3.8, 4) is 23.0 Å². The van der Waals surface area contributed by atoms with E-state index in [9.17, 15) is 0 Å². The third kappa shape index (κ3) is 15.7. The summed E-state index contributed by atoms with van der Waals surface area (Å²) >= 11 is 0. The molecule has 20 heteroatoms. The van der Waals surface area contributed by atoms with E-state index in [-0.39, 0.29) is 23.8 Å². The Morgan fingerprint density at radius 2 is 0.557 bits per heavy atom. The maximum atomic E-state index is 6.38. The summed E-state index contributed by atoms with van der Waals surface area (Å²) in [5.41, 5.74) is 4.99. The predicted octanol–water partition coefficient (Wildman–Crippen LogP) is 14.4. The third-order valence-corrected chi connectivity index (χ3v) is 16.1. The molecule has 460 valence electrons. The molecule has 0 atom stereocenters. The van der Waals surface area contributed by atoms with Gasteiger partial charge in [0.25, 0.3) is 23.8 Å². The molecule has 88 heavy (non-hydrogen) atoms. The van der Waals surface area contributed by atoms with E-state index >= 15 is 0 Å². The number of aliphatic imine (C=N–C) groups is 4. The lowest BCUT2D eigenvalue weighted by Crippen LogP contribution is -2.13. The van der Waals surface area contributed by atoms with Crippen LogP contribution in [0.3, 0.4) is 0 Å². The maximum absolute atomic E-state index is 6.38. The highest BCUT2D eigenvalue weighted by Gasteiger charge is 2.26. The molecule has 12 bridgehead atoms. The number of amidine groups is 4. The Morgan fingerprint density at radius 1 is 0.261 bits per heavy atom. The molecule has 8 aromatic rings. The van der Waals surface area contributed by atoms with Gasteiger partial charge in [0.05, 0.1) is 26.4 Å². The molecule has 0 unspecified atom stereocenters. The van der Waals surface area contributed by atoms with E-state index in [0.29, 0.717) is 83.2 Å². The van der Waals surface area contributed by atoms with Crippen molar-refractivity contribution in [2.24, 2.45) is 39.9 Å². The van der Waals surface area contributed by atoms with Crippen LogP contribution in [0.15, 0.2) is 113 Å². The van der Waals surface area contributed by atoms with Gasteiger partial charge in [0.1, 0.15) is 44.9 Å². The van der Waals surface area contributed by atoms with E-state index in [0.717, 1.165) is 107 Å². The Morgan fingerprint density at radius 3 is 0.920 bits per heavy atom. The topological polar surface area (TPSA) is 251 Å². The Bertz CT molecular complexity index is 3790. The molecule has 0 fully saturated rings.